The van der Waals surface area contributed by atoms with Gasteiger partial charge in [-0.05, 0) is 43.4 Å². The molecule has 27 heavy (non-hydrogen) atoms. The minimum atomic E-state index is 0.0269. The molecule has 1 aliphatic heterocycles. The molecule has 1 saturated carbocycles. The first-order chi connectivity index (χ1) is 13.1. The smallest absolute Gasteiger partial charge is 0.226 e. The predicted octanol–water partition coefficient (Wildman–Crippen LogP) is 3.13. The summed E-state index contributed by atoms with van der Waals surface area (Å²) in [5.41, 5.74) is 1.91. The van der Waals surface area contributed by atoms with Gasteiger partial charge in [0.2, 0.25) is 5.91 Å². The average Bonchev–Trinajstić information content (AvgIpc) is 3.52. The third-order valence-electron chi connectivity index (χ3n) is 5.62. The van der Waals surface area contributed by atoms with E-state index in [0.29, 0.717) is 17.4 Å². The maximum Gasteiger partial charge on any atom is 0.226 e. The summed E-state index contributed by atoms with van der Waals surface area (Å²) in [6.45, 7) is 4.74. The molecular weight excluding hydrogens is 338 g/mol. The highest BCUT2D eigenvalue weighted by molar-refractivity contribution is 5.93. The number of hydrogen-bond acceptors (Lipinski definition) is 4. The zero-order valence-electron chi connectivity index (χ0n) is 15.7. The molecule has 2 fully saturated rings. The van der Waals surface area contributed by atoms with Crippen LogP contribution in [0.15, 0.2) is 48.7 Å². The van der Waals surface area contributed by atoms with Crippen molar-refractivity contribution in [3.8, 4) is 0 Å². The molecule has 5 heteroatoms. The molecule has 140 valence electrons. The van der Waals surface area contributed by atoms with Crippen LogP contribution >= 0.6 is 0 Å². The van der Waals surface area contributed by atoms with E-state index in [4.69, 9.17) is 0 Å². The highest BCUT2D eigenvalue weighted by Gasteiger charge is 2.45. The van der Waals surface area contributed by atoms with E-state index < -0.39 is 0 Å². The molecule has 1 aromatic heterocycles. The zero-order valence-corrected chi connectivity index (χ0v) is 15.7. The lowest BCUT2D eigenvalue weighted by atomic mass is 10.1. The van der Waals surface area contributed by atoms with Gasteiger partial charge in [-0.2, -0.15) is 0 Å². The Morgan fingerprint density at radius 1 is 1.00 bits per heavy atom. The number of anilines is 1. The molecule has 2 heterocycles. The maximum atomic E-state index is 12.9. The van der Waals surface area contributed by atoms with Crippen LogP contribution in [0.4, 0.5) is 5.82 Å². The number of hydrogen-bond donors (Lipinski definition) is 0. The van der Waals surface area contributed by atoms with Crippen LogP contribution < -0.4 is 4.90 Å². The van der Waals surface area contributed by atoms with Crippen LogP contribution in [0.25, 0.3) is 0 Å². The molecule has 1 saturated heterocycles. The highest BCUT2D eigenvalue weighted by Crippen LogP contribution is 2.48. The molecule has 1 amide bonds. The van der Waals surface area contributed by atoms with E-state index in [1.165, 1.54) is 5.56 Å². The summed E-state index contributed by atoms with van der Waals surface area (Å²) in [6, 6.07) is 14.1. The average molecular weight is 363 g/mol. The van der Waals surface area contributed by atoms with E-state index in [1.54, 1.807) is 13.1 Å². The minimum Gasteiger partial charge on any atom is -0.355 e. The molecule has 2 atom stereocenters. The molecule has 2 aliphatic rings. The van der Waals surface area contributed by atoms with Crippen LogP contribution in [0.1, 0.15) is 41.6 Å². The second-order valence-electron chi connectivity index (χ2n) is 7.49. The normalized spacial score (nSPS) is 22.3. The Morgan fingerprint density at radius 3 is 2.52 bits per heavy atom. The number of Topliss-reactive ketones (excluding diaryl/α,β-unsaturated/α-hetero) is 1. The Morgan fingerprint density at radius 2 is 1.81 bits per heavy atom. The summed E-state index contributed by atoms with van der Waals surface area (Å²) >= 11 is 0. The highest BCUT2D eigenvalue weighted by atomic mass is 16.2. The lowest BCUT2D eigenvalue weighted by Crippen LogP contribution is -2.36. The van der Waals surface area contributed by atoms with E-state index in [9.17, 15) is 9.59 Å². The Kier molecular flexibility index (Phi) is 4.92. The lowest BCUT2D eigenvalue weighted by Gasteiger charge is -2.23. The van der Waals surface area contributed by atoms with Crippen molar-refractivity contribution < 1.29 is 9.59 Å². The van der Waals surface area contributed by atoms with Gasteiger partial charge in [-0.3, -0.25) is 9.59 Å². The monoisotopic (exact) mass is 363 g/mol. The summed E-state index contributed by atoms with van der Waals surface area (Å²) in [5.74, 6) is 1.73. The van der Waals surface area contributed by atoms with Gasteiger partial charge in [0.25, 0.3) is 0 Å². The molecule has 0 bridgehead atoms. The number of carbonyl (C=O) groups is 2. The van der Waals surface area contributed by atoms with Crippen molar-refractivity contribution in [1.29, 1.82) is 0 Å². The number of pyridine rings is 1. The van der Waals surface area contributed by atoms with Gasteiger partial charge in [0.05, 0.1) is 0 Å². The number of rotatable bonds is 4. The fourth-order valence-corrected chi connectivity index (χ4v) is 3.92. The van der Waals surface area contributed by atoms with Crippen LogP contribution in [0.5, 0.6) is 0 Å². The second-order valence-corrected chi connectivity index (χ2v) is 7.49. The molecular formula is C22H25N3O2. The Bertz CT molecular complexity index is 819. The molecule has 2 aromatic rings. The fourth-order valence-electron chi connectivity index (χ4n) is 3.92. The number of aromatic nitrogens is 1. The van der Waals surface area contributed by atoms with E-state index in [-0.39, 0.29) is 11.7 Å². The van der Waals surface area contributed by atoms with E-state index >= 15 is 0 Å². The lowest BCUT2D eigenvalue weighted by molar-refractivity contribution is -0.132. The SMILES string of the molecule is CC(=O)c1ccc(N2CCCN(C(=O)C3CC3c3ccccc3)CC2)nc1. The Balaban J connectivity index is 1.36. The minimum absolute atomic E-state index is 0.0269. The van der Waals surface area contributed by atoms with Crippen molar-refractivity contribution in [3.05, 3.63) is 59.8 Å². The van der Waals surface area contributed by atoms with Crippen LogP contribution in [-0.2, 0) is 4.79 Å². The fraction of sp³-hybridized carbons (Fsp3) is 0.409. The van der Waals surface area contributed by atoms with Gasteiger partial charge in [-0.25, -0.2) is 4.98 Å². The number of benzene rings is 1. The van der Waals surface area contributed by atoms with Gasteiger partial charge >= 0.3 is 0 Å². The standard InChI is InChI=1S/C22H25N3O2/c1-16(26)18-8-9-21(23-15-18)24-10-5-11-25(13-12-24)22(27)20-14-19(20)17-6-3-2-4-7-17/h2-4,6-9,15,19-20H,5,10-14H2,1H3. The summed E-state index contributed by atoms with van der Waals surface area (Å²) in [6.07, 6.45) is 3.54. The molecule has 5 nitrogen and oxygen atoms in total. The van der Waals surface area contributed by atoms with Crippen molar-refractivity contribution in [3.63, 3.8) is 0 Å². The second kappa shape index (κ2) is 7.51. The Hall–Kier alpha value is -2.69. The molecule has 2 unspecified atom stereocenters. The number of ketones is 1. The van der Waals surface area contributed by atoms with Gasteiger partial charge in [0, 0.05) is 43.9 Å². The first kappa shape index (κ1) is 17.7. The number of amides is 1. The quantitative estimate of drug-likeness (QED) is 0.783. The van der Waals surface area contributed by atoms with E-state index in [2.05, 4.69) is 22.0 Å². The molecule has 0 spiro atoms. The first-order valence-corrected chi connectivity index (χ1v) is 9.69. The van der Waals surface area contributed by atoms with Gasteiger partial charge in [0.15, 0.2) is 5.78 Å². The summed E-state index contributed by atoms with van der Waals surface area (Å²) in [5, 5.41) is 0. The van der Waals surface area contributed by atoms with E-state index in [0.717, 1.165) is 44.8 Å². The van der Waals surface area contributed by atoms with Crippen LogP contribution in [0.3, 0.4) is 0 Å². The Labute approximate surface area is 160 Å². The molecule has 1 aromatic carbocycles. The zero-order chi connectivity index (χ0) is 18.8. The van der Waals surface area contributed by atoms with Crippen LogP contribution in [0, 0.1) is 5.92 Å². The van der Waals surface area contributed by atoms with Gasteiger partial charge in [-0.1, -0.05) is 30.3 Å². The summed E-state index contributed by atoms with van der Waals surface area (Å²) in [7, 11) is 0. The van der Waals surface area contributed by atoms with Gasteiger partial charge in [-0.15, -0.1) is 0 Å². The van der Waals surface area contributed by atoms with Gasteiger partial charge < -0.3 is 9.80 Å². The van der Waals surface area contributed by atoms with Gasteiger partial charge in [0.1, 0.15) is 5.82 Å². The van der Waals surface area contributed by atoms with E-state index in [1.807, 2.05) is 35.2 Å². The third-order valence-corrected chi connectivity index (χ3v) is 5.62. The van der Waals surface area contributed by atoms with Crippen LogP contribution in [0.2, 0.25) is 0 Å². The van der Waals surface area contributed by atoms with Crippen molar-refractivity contribution in [1.82, 2.24) is 9.88 Å². The predicted molar refractivity (Wildman–Crippen MR) is 105 cm³/mol. The molecule has 0 N–H and O–H groups in total. The summed E-state index contributed by atoms with van der Waals surface area (Å²) in [4.78, 5) is 33.0. The van der Waals surface area contributed by atoms with Crippen molar-refractivity contribution in [2.75, 3.05) is 31.1 Å². The maximum absolute atomic E-state index is 12.9. The largest absolute Gasteiger partial charge is 0.355 e. The van der Waals surface area contributed by atoms with Crippen LogP contribution in [-0.4, -0.2) is 47.8 Å². The van der Waals surface area contributed by atoms with Crippen molar-refractivity contribution in [2.45, 2.75) is 25.7 Å². The van der Waals surface area contributed by atoms with Crippen molar-refractivity contribution >= 4 is 17.5 Å². The first-order valence-electron chi connectivity index (χ1n) is 9.69. The molecule has 0 radical (unpaired) electrons. The number of carbonyl (C=O) groups excluding carboxylic acids is 2. The molecule has 4 rings (SSSR count). The van der Waals surface area contributed by atoms with Crippen molar-refractivity contribution in [2.24, 2.45) is 5.92 Å². The molecule has 1 aliphatic carbocycles. The summed E-state index contributed by atoms with van der Waals surface area (Å²) < 4.78 is 0. The topological polar surface area (TPSA) is 53.5 Å². The number of nitrogens with zero attached hydrogens (tertiary/aromatic N) is 3. The third kappa shape index (κ3) is 3.87.